The van der Waals surface area contributed by atoms with E-state index in [9.17, 15) is 14.7 Å². The van der Waals surface area contributed by atoms with Gasteiger partial charge in [0.2, 0.25) is 0 Å². The van der Waals surface area contributed by atoms with Crippen molar-refractivity contribution in [1.82, 2.24) is 5.32 Å². The van der Waals surface area contributed by atoms with Gasteiger partial charge in [-0.1, -0.05) is 12.1 Å². The van der Waals surface area contributed by atoms with Gasteiger partial charge in [-0.05, 0) is 37.3 Å². The number of nitrogens with one attached hydrogen (secondary N) is 1. The minimum absolute atomic E-state index is 0.00261. The first-order chi connectivity index (χ1) is 12.5. The Morgan fingerprint density at radius 2 is 1.85 bits per heavy atom. The molecule has 2 aromatic carbocycles. The molecule has 0 aliphatic heterocycles. The fraction of sp³-hybridized carbons (Fsp3) is 0.263. The van der Waals surface area contributed by atoms with Crippen LogP contribution in [0.4, 0.5) is 0 Å². The molecule has 2 aromatic rings. The molecule has 1 atom stereocenters. The van der Waals surface area contributed by atoms with Crippen LogP contribution in [-0.4, -0.2) is 37.8 Å². The summed E-state index contributed by atoms with van der Waals surface area (Å²) >= 11 is 0. The van der Waals surface area contributed by atoms with E-state index in [1.54, 1.807) is 44.4 Å². The highest BCUT2D eigenvalue weighted by Crippen LogP contribution is 2.29. The third kappa shape index (κ3) is 4.66. The quantitative estimate of drug-likeness (QED) is 0.738. The lowest BCUT2D eigenvalue weighted by atomic mass is 10.1. The third-order valence-electron chi connectivity index (χ3n) is 3.74. The van der Waals surface area contributed by atoms with Crippen molar-refractivity contribution in [3.05, 3.63) is 53.6 Å². The lowest BCUT2D eigenvalue weighted by Crippen LogP contribution is -2.31. The van der Waals surface area contributed by atoms with E-state index < -0.39 is 24.5 Å². The van der Waals surface area contributed by atoms with Crippen LogP contribution < -0.4 is 14.8 Å². The minimum atomic E-state index is -0.773. The maximum atomic E-state index is 12.1. The first kappa shape index (κ1) is 19.1. The van der Waals surface area contributed by atoms with Gasteiger partial charge < -0.3 is 24.6 Å². The molecule has 7 heteroatoms. The standard InChI is InChI=1S/C19H21NO6/c1-12(15-10-13(24-2)8-9-17(15)25-3)20-18(22)11-26-19(23)14-6-4-5-7-16(14)21/h4-10,12,21H,11H2,1-3H3,(H,20,22). The van der Waals surface area contributed by atoms with E-state index in [-0.39, 0.29) is 11.3 Å². The summed E-state index contributed by atoms with van der Waals surface area (Å²) in [6, 6.07) is 10.8. The maximum Gasteiger partial charge on any atom is 0.342 e. The van der Waals surface area contributed by atoms with Crippen LogP contribution in [0.2, 0.25) is 0 Å². The van der Waals surface area contributed by atoms with Crippen molar-refractivity contribution in [1.29, 1.82) is 0 Å². The number of phenolic OH excluding ortho intramolecular Hbond substituents is 1. The molecular weight excluding hydrogens is 338 g/mol. The topological polar surface area (TPSA) is 94.1 Å². The molecule has 1 unspecified atom stereocenters. The van der Waals surface area contributed by atoms with Crippen LogP contribution in [0.25, 0.3) is 0 Å². The molecule has 0 heterocycles. The molecule has 0 aliphatic rings. The molecule has 1 amide bonds. The fourth-order valence-electron chi connectivity index (χ4n) is 2.39. The van der Waals surface area contributed by atoms with Gasteiger partial charge in [-0.25, -0.2) is 4.79 Å². The second kappa shape index (κ2) is 8.75. The smallest absolute Gasteiger partial charge is 0.342 e. The van der Waals surface area contributed by atoms with E-state index in [2.05, 4.69) is 5.32 Å². The van der Waals surface area contributed by atoms with Crippen LogP contribution in [0.1, 0.15) is 28.9 Å². The Bertz CT molecular complexity index is 789. The summed E-state index contributed by atoms with van der Waals surface area (Å²) in [4.78, 5) is 24.0. The minimum Gasteiger partial charge on any atom is -0.507 e. The molecule has 0 saturated carbocycles. The molecule has 0 aliphatic carbocycles. The number of aromatic hydroxyl groups is 1. The maximum absolute atomic E-state index is 12.1. The first-order valence-corrected chi connectivity index (χ1v) is 7.92. The molecule has 0 bridgehead atoms. The van der Waals surface area contributed by atoms with Crippen molar-refractivity contribution >= 4 is 11.9 Å². The Labute approximate surface area is 151 Å². The predicted molar refractivity (Wildman–Crippen MR) is 94.5 cm³/mol. The number of carbonyl (C=O) groups is 2. The number of rotatable bonds is 7. The summed E-state index contributed by atoms with van der Waals surface area (Å²) in [5.74, 6) is -0.221. The highest BCUT2D eigenvalue weighted by Gasteiger charge is 2.17. The van der Waals surface area contributed by atoms with Gasteiger partial charge in [0, 0.05) is 5.56 Å². The number of methoxy groups -OCH3 is 2. The van der Waals surface area contributed by atoms with Crippen LogP contribution >= 0.6 is 0 Å². The van der Waals surface area contributed by atoms with Crippen LogP contribution in [0, 0.1) is 0 Å². The van der Waals surface area contributed by atoms with E-state index >= 15 is 0 Å². The van der Waals surface area contributed by atoms with Crippen LogP contribution in [0.3, 0.4) is 0 Å². The summed E-state index contributed by atoms with van der Waals surface area (Å²) < 4.78 is 15.4. The molecule has 0 saturated heterocycles. The second-order valence-electron chi connectivity index (χ2n) is 5.49. The SMILES string of the molecule is COc1ccc(OC)c(C(C)NC(=O)COC(=O)c2ccccc2O)c1. The number of esters is 1. The van der Waals surface area contributed by atoms with Gasteiger partial charge in [-0.2, -0.15) is 0 Å². The van der Waals surface area contributed by atoms with Crippen LogP contribution in [0.5, 0.6) is 17.2 Å². The van der Waals surface area contributed by atoms with E-state index in [0.717, 1.165) is 5.56 Å². The van der Waals surface area contributed by atoms with E-state index in [4.69, 9.17) is 14.2 Å². The summed E-state index contributed by atoms with van der Waals surface area (Å²) in [6.07, 6.45) is 0. The molecule has 26 heavy (non-hydrogen) atoms. The average molecular weight is 359 g/mol. The fourth-order valence-corrected chi connectivity index (χ4v) is 2.39. The molecule has 138 valence electrons. The molecule has 7 nitrogen and oxygen atoms in total. The van der Waals surface area contributed by atoms with Crippen LogP contribution in [-0.2, 0) is 9.53 Å². The van der Waals surface area contributed by atoms with Crippen molar-refractivity contribution in [2.45, 2.75) is 13.0 Å². The number of hydrogen-bond donors (Lipinski definition) is 2. The Morgan fingerprint density at radius 3 is 2.50 bits per heavy atom. The highest BCUT2D eigenvalue weighted by atomic mass is 16.5. The van der Waals surface area contributed by atoms with Crippen molar-refractivity contribution in [3.63, 3.8) is 0 Å². The van der Waals surface area contributed by atoms with Crippen molar-refractivity contribution in [2.75, 3.05) is 20.8 Å². The number of para-hydroxylation sites is 1. The third-order valence-corrected chi connectivity index (χ3v) is 3.74. The molecule has 0 spiro atoms. The van der Waals surface area contributed by atoms with Gasteiger partial charge in [0.05, 0.1) is 20.3 Å². The Balaban J connectivity index is 1.97. The summed E-state index contributed by atoms with van der Waals surface area (Å²) in [5.41, 5.74) is 0.732. The number of benzene rings is 2. The zero-order chi connectivity index (χ0) is 19.1. The predicted octanol–water partition coefficient (Wildman–Crippen LogP) is 2.44. The number of carbonyl (C=O) groups excluding carboxylic acids is 2. The number of amides is 1. The van der Waals surface area contributed by atoms with Gasteiger partial charge in [-0.15, -0.1) is 0 Å². The molecule has 0 aromatic heterocycles. The van der Waals surface area contributed by atoms with Gasteiger partial charge in [0.1, 0.15) is 22.8 Å². The zero-order valence-electron chi connectivity index (χ0n) is 14.8. The Morgan fingerprint density at radius 1 is 1.12 bits per heavy atom. The van der Waals surface area contributed by atoms with Gasteiger partial charge in [0.15, 0.2) is 6.61 Å². The summed E-state index contributed by atoms with van der Waals surface area (Å²) in [5, 5.41) is 12.3. The van der Waals surface area contributed by atoms with Gasteiger partial charge >= 0.3 is 5.97 Å². The van der Waals surface area contributed by atoms with Gasteiger partial charge in [0.25, 0.3) is 5.91 Å². The van der Waals surface area contributed by atoms with E-state index in [1.807, 2.05) is 0 Å². The monoisotopic (exact) mass is 359 g/mol. The molecule has 0 fully saturated rings. The van der Waals surface area contributed by atoms with Gasteiger partial charge in [-0.3, -0.25) is 4.79 Å². The lowest BCUT2D eigenvalue weighted by molar-refractivity contribution is -0.124. The number of phenols is 1. The van der Waals surface area contributed by atoms with Crippen LogP contribution in [0.15, 0.2) is 42.5 Å². The molecule has 2 rings (SSSR count). The molecular formula is C19H21NO6. The normalized spacial score (nSPS) is 11.3. The van der Waals surface area contributed by atoms with Crippen molar-refractivity contribution in [3.8, 4) is 17.2 Å². The lowest BCUT2D eigenvalue weighted by Gasteiger charge is -2.18. The Kier molecular flexibility index (Phi) is 6.43. The largest absolute Gasteiger partial charge is 0.507 e. The Hall–Kier alpha value is -3.22. The first-order valence-electron chi connectivity index (χ1n) is 7.92. The van der Waals surface area contributed by atoms with Crippen molar-refractivity contribution < 1.29 is 28.9 Å². The summed E-state index contributed by atoms with van der Waals surface area (Å²) in [7, 11) is 3.08. The highest BCUT2D eigenvalue weighted by molar-refractivity contribution is 5.93. The number of ether oxygens (including phenoxy) is 3. The zero-order valence-corrected chi connectivity index (χ0v) is 14.8. The molecule has 0 radical (unpaired) electrons. The second-order valence-corrected chi connectivity index (χ2v) is 5.49. The average Bonchev–Trinajstić information content (AvgIpc) is 2.65. The van der Waals surface area contributed by atoms with E-state index in [1.165, 1.54) is 19.2 Å². The number of hydrogen-bond acceptors (Lipinski definition) is 6. The van der Waals surface area contributed by atoms with Crippen molar-refractivity contribution in [2.24, 2.45) is 0 Å². The summed E-state index contributed by atoms with van der Waals surface area (Å²) in [6.45, 7) is 1.31. The molecule has 2 N–H and O–H groups in total. The van der Waals surface area contributed by atoms with E-state index in [0.29, 0.717) is 11.5 Å².